The van der Waals surface area contributed by atoms with Gasteiger partial charge in [0.25, 0.3) is 0 Å². The lowest BCUT2D eigenvalue weighted by Crippen LogP contribution is -2.32. The van der Waals surface area contributed by atoms with Gasteiger partial charge in [-0.05, 0) is 44.2 Å². The maximum Gasteiger partial charge on any atom is 0.341 e. The van der Waals surface area contributed by atoms with Crippen LogP contribution in [0, 0.1) is 0 Å². The minimum absolute atomic E-state index is 0.0175. The molecule has 0 radical (unpaired) electrons. The second-order valence-corrected chi connectivity index (χ2v) is 10.3. The Morgan fingerprint density at radius 3 is 2.90 bits per heavy atom. The Balaban J connectivity index is 1.45. The van der Waals surface area contributed by atoms with Crippen LogP contribution in [0.15, 0.2) is 23.0 Å². The molecule has 4 rings (SSSR count). The maximum atomic E-state index is 12.8. The average Bonchev–Trinajstić information content (AvgIpc) is 3.43. The normalized spacial score (nSPS) is 18.2. The van der Waals surface area contributed by atoms with Crippen molar-refractivity contribution >= 4 is 62.4 Å². The lowest BCUT2D eigenvalue weighted by atomic mass is 9.95. The summed E-state index contributed by atoms with van der Waals surface area (Å²) in [4.78, 5) is 40.8. The minimum atomic E-state index is -0.583. The first kappa shape index (κ1) is 22.0. The fourth-order valence-corrected chi connectivity index (χ4v) is 6.54. The molecule has 10 heteroatoms. The third-order valence-corrected chi connectivity index (χ3v) is 7.99. The van der Waals surface area contributed by atoms with Gasteiger partial charge >= 0.3 is 5.97 Å². The number of furan rings is 1. The van der Waals surface area contributed by atoms with E-state index in [0.29, 0.717) is 21.4 Å². The number of hydrogen-bond donors (Lipinski definition) is 1. The lowest BCUT2D eigenvalue weighted by molar-refractivity contribution is -0.128. The zero-order valence-corrected chi connectivity index (χ0v) is 19.4. The van der Waals surface area contributed by atoms with Crippen molar-refractivity contribution in [3.8, 4) is 0 Å². The highest BCUT2D eigenvalue weighted by molar-refractivity contribution is 8.24. The molecule has 1 atom stereocenters. The van der Waals surface area contributed by atoms with Crippen LogP contribution in [0.4, 0.5) is 5.00 Å². The summed E-state index contributed by atoms with van der Waals surface area (Å²) >= 11 is 7.99. The topological polar surface area (TPSA) is 88.8 Å². The molecule has 1 aliphatic carbocycles. The predicted octanol–water partition coefficient (Wildman–Crippen LogP) is 4.15. The quantitative estimate of drug-likeness (QED) is 0.472. The minimum Gasteiger partial charge on any atom is -0.472 e. The first-order valence-corrected chi connectivity index (χ1v) is 12.2. The number of aryl methyl sites for hydroxylation is 1. The van der Waals surface area contributed by atoms with Crippen LogP contribution in [0.3, 0.4) is 0 Å². The van der Waals surface area contributed by atoms with Crippen molar-refractivity contribution in [2.75, 3.05) is 11.9 Å². The highest BCUT2D eigenvalue weighted by Gasteiger charge is 2.38. The van der Waals surface area contributed by atoms with E-state index in [4.69, 9.17) is 21.4 Å². The molecule has 1 unspecified atom stereocenters. The smallest absolute Gasteiger partial charge is 0.341 e. The summed E-state index contributed by atoms with van der Waals surface area (Å²) in [5.41, 5.74) is 2.30. The fourth-order valence-electron chi connectivity index (χ4n) is 3.76. The molecule has 1 N–H and O–H groups in total. The first-order chi connectivity index (χ1) is 15.0. The monoisotopic (exact) mass is 478 g/mol. The zero-order valence-electron chi connectivity index (χ0n) is 17.0. The molecular weight excluding hydrogens is 456 g/mol. The second-order valence-electron chi connectivity index (χ2n) is 7.32. The van der Waals surface area contributed by atoms with E-state index in [9.17, 15) is 14.4 Å². The Morgan fingerprint density at radius 2 is 2.16 bits per heavy atom. The van der Waals surface area contributed by atoms with Crippen LogP contribution in [0.1, 0.15) is 52.5 Å². The van der Waals surface area contributed by atoms with Crippen LogP contribution in [-0.2, 0) is 33.7 Å². The maximum absolute atomic E-state index is 12.8. The van der Waals surface area contributed by atoms with Gasteiger partial charge in [0.2, 0.25) is 11.8 Å². The predicted molar refractivity (Wildman–Crippen MR) is 123 cm³/mol. The molecule has 2 aromatic rings. The fraction of sp³-hybridized carbons (Fsp3) is 0.429. The van der Waals surface area contributed by atoms with Crippen molar-refractivity contribution in [1.29, 1.82) is 0 Å². The standard InChI is InChI=1S/C21H22N2O5S3/c1-2-28-20(26)17-13-5-3-4-6-14(13)30-18(17)22-16(24)9-15-19(25)23(21(29)31-15)10-12-7-8-27-11-12/h7-8,11,15H,2-6,9-10H2,1H3,(H,22,24). The highest BCUT2D eigenvalue weighted by atomic mass is 32.2. The Labute approximate surface area is 193 Å². The number of thiophene rings is 1. The third kappa shape index (κ3) is 4.70. The van der Waals surface area contributed by atoms with Crippen molar-refractivity contribution in [2.45, 2.75) is 50.8 Å². The van der Waals surface area contributed by atoms with Gasteiger partial charge in [0.15, 0.2) is 0 Å². The number of thioether (sulfide) groups is 1. The molecule has 7 nitrogen and oxygen atoms in total. The second kappa shape index (κ2) is 9.54. The van der Waals surface area contributed by atoms with Gasteiger partial charge in [0.05, 0.1) is 36.5 Å². The summed E-state index contributed by atoms with van der Waals surface area (Å²) < 4.78 is 10.7. The number of nitrogens with one attached hydrogen (secondary N) is 1. The third-order valence-electron chi connectivity index (χ3n) is 5.20. The number of rotatable bonds is 7. The molecule has 2 aliphatic rings. The molecule has 164 valence electrons. The van der Waals surface area contributed by atoms with Gasteiger partial charge in [-0.2, -0.15) is 0 Å². The van der Waals surface area contributed by atoms with E-state index in [-0.39, 0.29) is 24.8 Å². The Morgan fingerprint density at radius 1 is 1.35 bits per heavy atom. The molecule has 2 amide bonds. The Kier molecular flexibility index (Phi) is 6.78. The van der Waals surface area contributed by atoms with E-state index in [2.05, 4.69) is 5.32 Å². The van der Waals surface area contributed by atoms with Gasteiger partial charge in [-0.25, -0.2) is 4.79 Å². The first-order valence-electron chi connectivity index (χ1n) is 10.1. The summed E-state index contributed by atoms with van der Waals surface area (Å²) in [6, 6.07) is 1.77. The summed E-state index contributed by atoms with van der Waals surface area (Å²) in [6.45, 7) is 2.36. The number of esters is 1. The number of amides is 2. The number of carbonyl (C=O) groups excluding carboxylic acids is 3. The van der Waals surface area contributed by atoms with Crippen LogP contribution in [-0.4, -0.2) is 38.9 Å². The molecule has 0 saturated carbocycles. The number of nitrogens with zero attached hydrogens (tertiary/aromatic N) is 1. The van der Waals surface area contributed by atoms with Crippen molar-refractivity contribution in [3.63, 3.8) is 0 Å². The molecule has 3 heterocycles. The molecular formula is C21H22N2O5S3. The van der Waals surface area contributed by atoms with Gasteiger partial charge in [0, 0.05) is 16.9 Å². The van der Waals surface area contributed by atoms with Crippen LogP contribution in [0.25, 0.3) is 0 Å². The molecule has 0 bridgehead atoms. The summed E-state index contributed by atoms with van der Waals surface area (Å²) in [7, 11) is 0. The van der Waals surface area contributed by atoms with Crippen LogP contribution in [0.5, 0.6) is 0 Å². The number of hydrogen-bond acceptors (Lipinski definition) is 8. The van der Waals surface area contributed by atoms with Gasteiger partial charge in [-0.1, -0.05) is 24.0 Å². The van der Waals surface area contributed by atoms with Gasteiger partial charge < -0.3 is 14.5 Å². The van der Waals surface area contributed by atoms with Gasteiger partial charge in [-0.3, -0.25) is 14.5 Å². The zero-order chi connectivity index (χ0) is 22.0. The van der Waals surface area contributed by atoms with Crippen molar-refractivity contribution in [1.82, 2.24) is 4.90 Å². The number of thiocarbonyl (C=S) groups is 1. The number of carbonyl (C=O) groups is 3. The molecule has 1 fully saturated rings. The van der Waals surface area contributed by atoms with Gasteiger partial charge in [-0.15, -0.1) is 11.3 Å². The molecule has 31 heavy (non-hydrogen) atoms. The Hall–Kier alpha value is -2.17. The molecule has 1 saturated heterocycles. The van der Waals surface area contributed by atoms with E-state index in [0.717, 1.165) is 41.7 Å². The van der Waals surface area contributed by atoms with E-state index < -0.39 is 11.2 Å². The number of ether oxygens (including phenoxy) is 1. The van der Waals surface area contributed by atoms with E-state index in [1.807, 2.05) is 0 Å². The lowest BCUT2D eigenvalue weighted by Gasteiger charge is -2.14. The van der Waals surface area contributed by atoms with Gasteiger partial charge in [0.1, 0.15) is 9.32 Å². The van der Waals surface area contributed by atoms with E-state index in [1.54, 1.807) is 25.5 Å². The molecule has 1 aliphatic heterocycles. The van der Waals surface area contributed by atoms with Crippen LogP contribution >= 0.6 is 35.3 Å². The molecule has 0 spiro atoms. The highest BCUT2D eigenvalue weighted by Crippen LogP contribution is 2.39. The number of fused-ring (bicyclic) bond motifs is 1. The largest absolute Gasteiger partial charge is 0.472 e. The molecule has 2 aromatic heterocycles. The van der Waals surface area contributed by atoms with Crippen molar-refractivity contribution in [2.24, 2.45) is 0 Å². The SMILES string of the molecule is CCOC(=O)c1c(NC(=O)CC2SC(=S)N(Cc3ccoc3)C2=O)sc2c1CCCC2. The van der Waals surface area contributed by atoms with Crippen molar-refractivity contribution in [3.05, 3.63) is 40.2 Å². The van der Waals surface area contributed by atoms with Crippen LogP contribution in [0.2, 0.25) is 0 Å². The number of anilines is 1. The summed E-state index contributed by atoms with van der Waals surface area (Å²) in [5.74, 6) is -0.915. The van der Waals surface area contributed by atoms with Crippen LogP contribution < -0.4 is 5.32 Å². The summed E-state index contributed by atoms with van der Waals surface area (Å²) in [5, 5.41) is 2.80. The average molecular weight is 479 g/mol. The van der Waals surface area contributed by atoms with E-state index in [1.165, 1.54) is 28.0 Å². The van der Waals surface area contributed by atoms with Crippen molar-refractivity contribution < 1.29 is 23.5 Å². The van der Waals surface area contributed by atoms with E-state index >= 15 is 0 Å². The summed E-state index contributed by atoms with van der Waals surface area (Å²) in [6.07, 6.45) is 6.88. The molecule has 0 aromatic carbocycles. The Bertz CT molecular complexity index is 1010.